The Morgan fingerprint density at radius 3 is 3.19 bits per heavy atom. The van der Waals surface area contributed by atoms with Crippen LogP contribution >= 0.6 is 11.3 Å². The second-order valence-corrected chi connectivity index (χ2v) is 4.84. The van der Waals surface area contributed by atoms with E-state index in [1.807, 2.05) is 23.8 Å². The molecule has 1 atom stereocenters. The molecule has 0 amide bonds. The Bertz CT molecular complexity index is 345. The fraction of sp³-hybridized carbons (Fsp3) is 0.417. The molecule has 3 nitrogen and oxygen atoms in total. The summed E-state index contributed by atoms with van der Waals surface area (Å²) in [5, 5.41) is 3.48. The minimum absolute atomic E-state index is 0.493. The van der Waals surface area contributed by atoms with Gasteiger partial charge in [0.2, 0.25) is 0 Å². The minimum atomic E-state index is 0.493. The molecule has 0 saturated carbocycles. The van der Waals surface area contributed by atoms with E-state index >= 15 is 0 Å². The summed E-state index contributed by atoms with van der Waals surface area (Å²) in [6.45, 7) is 3.11. The van der Waals surface area contributed by atoms with Crippen molar-refractivity contribution >= 4 is 11.3 Å². The SMILES string of the molecule is CC(CCc1ccco1)NCc1cncs1. The van der Waals surface area contributed by atoms with Crippen LogP contribution in [0.1, 0.15) is 24.0 Å². The molecule has 0 saturated heterocycles. The molecule has 16 heavy (non-hydrogen) atoms. The zero-order valence-corrected chi connectivity index (χ0v) is 10.2. The van der Waals surface area contributed by atoms with Crippen LogP contribution in [0.15, 0.2) is 34.5 Å². The maximum Gasteiger partial charge on any atom is 0.103 e. The fourth-order valence-electron chi connectivity index (χ4n) is 1.52. The molecule has 2 rings (SSSR count). The normalized spacial score (nSPS) is 12.8. The van der Waals surface area contributed by atoms with E-state index in [1.165, 1.54) is 4.88 Å². The summed E-state index contributed by atoms with van der Waals surface area (Å²) in [6, 6.07) is 4.45. The first-order chi connectivity index (χ1) is 7.84. The van der Waals surface area contributed by atoms with Crippen LogP contribution < -0.4 is 5.32 Å². The van der Waals surface area contributed by atoms with Crippen molar-refractivity contribution in [3.63, 3.8) is 0 Å². The first-order valence-corrected chi connectivity index (χ1v) is 6.35. The highest BCUT2D eigenvalue weighted by molar-refractivity contribution is 7.09. The molecule has 0 radical (unpaired) electrons. The molecule has 0 bridgehead atoms. The largest absolute Gasteiger partial charge is 0.469 e. The zero-order valence-electron chi connectivity index (χ0n) is 9.35. The second-order valence-electron chi connectivity index (χ2n) is 3.87. The van der Waals surface area contributed by atoms with Gasteiger partial charge < -0.3 is 9.73 Å². The Labute approximate surface area is 99.5 Å². The van der Waals surface area contributed by atoms with Gasteiger partial charge in [-0.3, -0.25) is 4.98 Å². The topological polar surface area (TPSA) is 38.1 Å². The zero-order chi connectivity index (χ0) is 11.2. The average molecular weight is 236 g/mol. The summed E-state index contributed by atoms with van der Waals surface area (Å²) in [6.07, 6.45) is 5.72. The van der Waals surface area contributed by atoms with E-state index in [0.717, 1.165) is 25.1 Å². The smallest absolute Gasteiger partial charge is 0.103 e. The van der Waals surface area contributed by atoms with E-state index in [2.05, 4.69) is 17.2 Å². The minimum Gasteiger partial charge on any atom is -0.469 e. The van der Waals surface area contributed by atoms with Gasteiger partial charge in [-0.2, -0.15) is 0 Å². The molecule has 0 aromatic carbocycles. The number of hydrogen-bond donors (Lipinski definition) is 1. The number of nitrogens with zero attached hydrogens (tertiary/aromatic N) is 1. The van der Waals surface area contributed by atoms with E-state index in [1.54, 1.807) is 17.6 Å². The summed E-state index contributed by atoms with van der Waals surface area (Å²) in [5.74, 6) is 1.06. The molecule has 2 heterocycles. The first kappa shape index (κ1) is 11.4. The Balaban J connectivity index is 1.66. The summed E-state index contributed by atoms with van der Waals surface area (Å²) in [7, 11) is 0. The van der Waals surface area contributed by atoms with E-state index in [9.17, 15) is 0 Å². The van der Waals surface area contributed by atoms with Gasteiger partial charge in [0, 0.05) is 30.1 Å². The van der Waals surface area contributed by atoms with Gasteiger partial charge in [-0.15, -0.1) is 11.3 Å². The van der Waals surface area contributed by atoms with Gasteiger partial charge in [0.15, 0.2) is 0 Å². The highest BCUT2D eigenvalue weighted by Crippen LogP contribution is 2.08. The lowest BCUT2D eigenvalue weighted by Gasteiger charge is -2.11. The molecule has 2 aromatic rings. The maximum atomic E-state index is 5.30. The molecule has 0 aliphatic rings. The summed E-state index contributed by atoms with van der Waals surface area (Å²) in [4.78, 5) is 5.33. The number of hydrogen-bond acceptors (Lipinski definition) is 4. The third-order valence-electron chi connectivity index (χ3n) is 2.51. The van der Waals surface area contributed by atoms with Crippen molar-refractivity contribution in [1.29, 1.82) is 0 Å². The Hall–Kier alpha value is -1.13. The standard InChI is InChI=1S/C12H16N2OS/c1-10(4-5-11-3-2-6-15-11)14-8-12-7-13-9-16-12/h2-3,6-7,9-10,14H,4-5,8H2,1H3. The van der Waals surface area contributed by atoms with Crippen LogP contribution in [-0.4, -0.2) is 11.0 Å². The molecule has 0 aliphatic carbocycles. The van der Waals surface area contributed by atoms with Crippen LogP contribution in [-0.2, 0) is 13.0 Å². The number of thiazole rings is 1. The van der Waals surface area contributed by atoms with Gasteiger partial charge >= 0.3 is 0 Å². The summed E-state index contributed by atoms with van der Waals surface area (Å²) in [5.41, 5.74) is 1.87. The van der Waals surface area contributed by atoms with Crippen LogP contribution in [0.3, 0.4) is 0 Å². The lowest BCUT2D eigenvalue weighted by Crippen LogP contribution is -2.25. The third-order valence-corrected chi connectivity index (χ3v) is 3.29. The molecular formula is C12H16N2OS. The molecule has 1 unspecified atom stereocenters. The molecule has 0 aliphatic heterocycles. The first-order valence-electron chi connectivity index (χ1n) is 5.48. The number of aromatic nitrogens is 1. The van der Waals surface area contributed by atoms with Gasteiger partial charge in [-0.1, -0.05) is 0 Å². The predicted molar refractivity (Wildman–Crippen MR) is 65.4 cm³/mol. The third kappa shape index (κ3) is 3.47. The van der Waals surface area contributed by atoms with Crippen molar-refractivity contribution in [3.8, 4) is 0 Å². The van der Waals surface area contributed by atoms with Gasteiger partial charge in [0.05, 0.1) is 11.8 Å². The quantitative estimate of drug-likeness (QED) is 0.838. The highest BCUT2D eigenvalue weighted by Gasteiger charge is 2.04. The van der Waals surface area contributed by atoms with Crippen molar-refractivity contribution in [3.05, 3.63) is 40.7 Å². The monoisotopic (exact) mass is 236 g/mol. The molecule has 0 spiro atoms. The average Bonchev–Trinajstić information content (AvgIpc) is 2.96. The molecular weight excluding hydrogens is 220 g/mol. The van der Waals surface area contributed by atoms with Crippen LogP contribution in [0, 0.1) is 0 Å². The fourth-order valence-corrected chi connectivity index (χ4v) is 2.07. The van der Waals surface area contributed by atoms with Crippen molar-refractivity contribution in [1.82, 2.24) is 10.3 Å². The van der Waals surface area contributed by atoms with Gasteiger partial charge in [-0.05, 0) is 25.5 Å². The van der Waals surface area contributed by atoms with E-state index in [0.29, 0.717) is 6.04 Å². The second kappa shape index (κ2) is 5.82. The van der Waals surface area contributed by atoms with Crippen molar-refractivity contribution in [2.45, 2.75) is 32.4 Å². The van der Waals surface area contributed by atoms with Crippen molar-refractivity contribution < 1.29 is 4.42 Å². The van der Waals surface area contributed by atoms with Gasteiger partial charge in [0.25, 0.3) is 0 Å². The Kier molecular flexibility index (Phi) is 4.13. The van der Waals surface area contributed by atoms with Crippen LogP contribution in [0.5, 0.6) is 0 Å². The number of aryl methyl sites for hydroxylation is 1. The van der Waals surface area contributed by atoms with Crippen LogP contribution in [0.2, 0.25) is 0 Å². The van der Waals surface area contributed by atoms with Crippen LogP contribution in [0.4, 0.5) is 0 Å². The lowest BCUT2D eigenvalue weighted by atomic mass is 10.1. The van der Waals surface area contributed by atoms with Gasteiger partial charge in [-0.25, -0.2) is 0 Å². The molecule has 4 heteroatoms. The maximum absolute atomic E-state index is 5.30. The van der Waals surface area contributed by atoms with Crippen molar-refractivity contribution in [2.75, 3.05) is 0 Å². The molecule has 2 aromatic heterocycles. The molecule has 1 N–H and O–H groups in total. The summed E-state index contributed by atoms with van der Waals surface area (Å²) >= 11 is 1.69. The van der Waals surface area contributed by atoms with Crippen molar-refractivity contribution in [2.24, 2.45) is 0 Å². The predicted octanol–water partition coefficient (Wildman–Crippen LogP) is 2.85. The van der Waals surface area contributed by atoms with E-state index in [4.69, 9.17) is 4.42 Å². The Morgan fingerprint density at radius 2 is 2.50 bits per heavy atom. The lowest BCUT2D eigenvalue weighted by molar-refractivity contribution is 0.460. The van der Waals surface area contributed by atoms with E-state index < -0.39 is 0 Å². The number of nitrogens with one attached hydrogen (secondary N) is 1. The molecule has 0 fully saturated rings. The number of furan rings is 1. The van der Waals surface area contributed by atoms with E-state index in [-0.39, 0.29) is 0 Å². The number of rotatable bonds is 6. The van der Waals surface area contributed by atoms with Crippen LogP contribution in [0.25, 0.3) is 0 Å². The Morgan fingerprint density at radius 1 is 1.56 bits per heavy atom. The highest BCUT2D eigenvalue weighted by atomic mass is 32.1. The molecule has 86 valence electrons. The van der Waals surface area contributed by atoms with Gasteiger partial charge in [0.1, 0.15) is 5.76 Å². The summed E-state index contributed by atoms with van der Waals surface area (Å²) < 4.78 is 5.30.